The van der Waals surface area contributed by atoms with E-state index in [0.717, 1.165) is 10.9 Å². The van der Waals surface area contributed by atoms with Gasteiger partial charge in [-0.05, 0) is 13.5 Å². The number of sulfonamides is 1. The van der Waals surface area contributed by atoms with Crippen molar-refractivity contribution < 1.29 is 8.42 Å². The molecule has 0 aliphatic heterocycles. The normalized spacial score (nSPS) is 11.8. The first-order chi connectivity index (χ1) is 6.64. The molecule has 0 saturated heterocycles. The molecule has 0 saturated carbocycles. The van der Waals surface area contributed by atoms with Crippen LogP contribution in [0.1, 0.15) is 6.42 Å². The molecule has 0 aromatic carbocycles. The smallest absolute Gasteiger partial charge is 0.211 e. The highest BCUT2D eigenvalue weighted by molar-refractivity contribution is 7.99. The molecule has 1 aromatic rings. The SMILES string of the molecule is CNS(=O)(=O)CCCSc1ncc[nH]1. The van der Waals surface area contributed by atoms with Crippen LogP contribution in [0.3, 0.4) is 0 Å². The van der Waals surface area contributed by atoms with Gasteiger partial charge in [-0.15, -0.1) is 0 Å². The van der Waals surface area contributed by atoms with Crippen molar-refractivity contribution in [2.75, 3.05) is 18.6 Å². The minimum atomic E-state index is -3.05. The highest BCUT2D eigenvalue weighted by atomic mass is 32.2. The Balaban J connectivity index is 2.17. The molecular formula is C7H13N3O2S2. The molecule has 7 heteroatoms. The van der Waals surface area contributed by atoms with E-state index in [0.29, 0.717) is 6.42 Å². The number of aromatic amines is 1. The van der Waals surface area contributed by atoms with Crippen molar-refractivity contribution in [3.8, 4) is 0 Å². The highest BCUT2D eigenvalue weighted by Gasteiger charge is 2.06. The van der Waals surface area contributed by atoms with E-state index in [1.54, 1.807) is 12.4 Å². The topological polar surface area (TPSA) is 74.8 Å². The summed E-state index contributed by atoms with van der Waals surface area (Å²) in [7, 11) is -1.63. The quantitative estimate of drug-likeness (QED) is 0.554. The lowest BCUT2D eigenvalue weighted by Crippen LogP contribution is -2.22. The molecule has 0 spiro atoms. The van der Waals surface area contributed by atoms with Crippen LogP contribution in [0.2, 0.25) is 0 Å². The Morgan fingerprint density at radius 3 is 3.00 bits per heavy atom. The Labute approximate surface area is 87.8 Å². The minimum Gasteiger partial charge on any atom is -0.340 e. The fourth-order valence-electron chi connectivity index (χ4n) is 0.850. The average Bonchev–Trinajstić information content (AvgIpc) is 2.65. The number of aromatic nitrogens is 2. The molecule has 0 radical (unpaired) electrons. The van der Waals surface area contributed by atoms with Crippen molar-refractivity contribution in [1.82, 2.24) is 14.7 Å². The number of rotatable bonds is 6. The monoisotopic (exact) mass is 235 g/mol. The third-order valence-electron chi connectivity index (χ3n) is 1.58. The van der Waals surface area contributed by atoms with E-state index in [1.807, 2.05) is 0 Å². The molecule has 14 heavy (non-hydrogen) atoms. The molecule has 0 bridgehead atoms. The van der Waals surface area contributed by atoms with Crippen molar-refractivity contribution in [3.05, 3.63) is 12.4 Å². The Bertz CT molecular complexity index is 347. The standard InChI is InChI=1S/C7H13N3O2S2/c1-8-14(11,12)6-2-5-13-7-9-3-4-10-7/h3-4,8H,2,5-6H2,1H3,(H,9,10). The summed E-state index contributed by atoms with van der Waals surface area (Å²) >= 11 is 1.52. The number of imidazole rings is 1. The molecule has 0 aliphatic carbocycles. The van der Waals surface area contributed by atoms with Crippen molar-refractivity contribution in [1.29, 1.82) is 0 Å². The third kappa shape index (κ3) is 4.12. The first-order valence-corrected chi connectivity index (χ1v) is 6.81. The van der Waals surface area contributed by atoms with Crippen LogP contribution < -0.4 is 4.72 Å². The van der Waals surface area contributed by atoms with E-state index in [9.17, 15) is 8.42 Å². The summed E-state index contributed by atoms with van der Waals surface area (Å²) in [5, 5.41) is 0.826. The summed E-state index contributed by atoms with van der Waals surface area (Å²) in [6, 6.07) is 0. The molecule has 0 atom stereocenters. The molecule has 0 fully saturated rings. The molecule has 5 nitrogen and oxygen atoms in total. The van der Waals surface area contributed by atoms with Crippen LogP contribution in [0.25, 0.3) is 0 Å². The molecule has 1 rings (SSSR count). The van der Waals surface area contributed by atoms with Crippen molar-refractivity contribution in [2.45, 2.75) is 11.6 Å². The molecule has 1 aromatic heterocycles. The number of thioether (sulfide) groups is 1. The Morgan fingerprint density at radius 2 is 2.43 bits per heavy atom. The lowest BCUT2D eigenvalue weighted by molar-refractivity contribution is 0.587. The molecule has 0 amide bonds. The van der Waals surface area contributed by atoms with Gasteiger partial charge in [0.2, 0.25) is 10.0 Å². The van der Waals surface area contributed by atoms with E-state index in [4.69, 9.17) is 0 Å². The van der Waals surface area contributed by atoms with Gasteiger partial charge in [0.05, 0.1) is 5.75 Å². The van der Waals surface area contributed by atoms with Crippen molar-refractivity contribution >= 4 is 21.8 Å². The van der Waals surface area contributed by atoms with Crippen molar-refractivity contribution in [2.24, 2.45) is 0 Å². The molecular weight excluding hydrogens is 222 g/mol. The Morgan fingerprint density at radius 1 is 1.64 bits per heavy atom. The van der Waals surface area contributed by atoms with Crippen LogP contribution in [-0.2, 0) is 10.0 Å². The fraction of sp³-hybridized carbons (Fsp3) is 0.571. The zero-order valence-corrected chi connectivity index (χ0v) is 9.49. The molecule has 2 N–H and O–H groups in total. The first kappa shape index (κ1) is 11.5. The van der Waals surface area contributed by atoms with Gasteiger partial charge in [-0.25, -0.2) is 18.1 Å². The van der Waals surface area contributed by atoms with E-state index in [-0.39, 0.29) is 5.75 Å². The van der Waals surface area contributed by atoms with Crippen LogP contribution in [0.15, 0.2) is 17.6 Å². The van der Waals surface area contributed by atoms with Gasteiger partial charge in [0.25, 0.3) is 0 Å². The predicted octanol–water partition coefficient (Wildman–Crippen LogP) is 0.441. The second kappa shape index (κ2) is 5.38. The summed E-state index contributed by atoms with van der Waals surface area (Å²) < 4.78 is 24.3. The van der Waals surface area contributed by atoms with Gasteiger partial charge >= 0.3 is 0 Å². The van der Waals surface area contributed by atoms with Crippen LogP contribution in [-0.4, -0.2) is 36.9 Å². The number of hydrogen-bond acceptors (Lipinski definition) is 4. The number of H-pyrrole nitrogens is 1. The summed E-state index contributed by atoms with van der Waals surface area (Å²) in [5.74, 6) is 0.908. The van der Waals surface area contributed by atoms with Gasteiger partial charge in [0.1, 0.15) is 0 Å². The lowest BCUT2D eigenvalue weighted by Gasteiger charge is -2.00. The third-order valence-corrected chi connectivity index (χ3v) is 4.02. The zero-order chi connectivity index (χ0) is 10.4. The van der Waals surface area contributed by atoms with Gasteiger partial charge in [0, 0.05) is 18.1 Å². The van der Waals surface area contributed by atoms with E-state index >= 15 is 0 Å². The summed E-state index contributed by atoms with van der Waals surface area (Å²) in [6.45, 7) is 0. The van der Waals surface area contributed by atoms with Gasteiger partial charge in [-0.2, -0.15) is 0 Å². The first-order valence-electron chi connectivity index (χ1n) is 4.17. The Kier molecular flexibility index (Phi) is 4.43. The van der Waals surface area contributed by atoms with E-state index in [2.05, 4.69) is 14.7 Å². The van der Waals surface area contributed by atoms with E-state index in [1.165, 1.54) is 18.8 Å². The van der Waals surface area contributed by atoms with Gasteiger partial charge < -0.3 is 4.98 Å². The summed E-state index contributed by atoms with van der Waals surface area (Å²) in [6.07, 6.45) is 4.04. The maximum Gasteiger partial charge on any atom is 0.211 e. The summed E-state index contributed by atoms with van der Waals surface area (Å²) in [5.41, 5.74) is 0. The number of nitrogens with zero attached hydrogens (tertiary/aromatic N) is 1. The van der Waals surface area contributed by atoms with Crippen LogP contribution in [0.4, 0.5) is 0 Å². The number of nitrogens with one attached hydrogen (secondary N) is 2. The zero-order valence-electron chi connectivity index (χ0n) is 7.86. The van der Waals surface area contributed by atoms with Gasteiger partial charge in [0.15, 0.2) is 5.16 Å². The minimum absolute atomic E-state index is 0.164. The van der Waals surface area contributed by atoms with Gasteiger partial charge in [-0.3, -0.25) is 0 Å². The van der Waals surface area contributed by atoms with Crippen LogP contribution >= 0.6 is 11.8 Å². The predicted molar refractivity (Wildman–Crippen MR) is 56.8 cm³/mol. The Hall–Kier alpha value is -0.530. The molecule has 0 aliphatic rings. The number of hydrogen-bond donors (Lipinski definition) is 2. The van der Waals surface area contributed by atoms with Crippen molar-refractivity contribution in [3.63, 3.8) is 0 Å². The molecule has 80 valence electrons. The second-order valence-corrected chi connectivity index (χ2v) is 5.75. The maximum absolute atomic E-state index is 11.0. The molecule has 1 heterocycles. The summed E-state index contributed by atoms with van der Waals surface area (Å²) in [4.78, 5) is 6.95. The van der Waals surface area contributed by atoms with E-state index < -0.39 is 10.0 Å². The maximum atomic E-state index is 11.0. The lowest BCUT2D eigenvalue weighted by atomic mass is 10.6. The van der Waals surface area contributed by atoms with Crippen LogP contribution in [0.5, 0.6) is 0 Å². The highest BCUT2D eigenvalue weighted by Crippen LogP contribution is 2.12. The van der Waals surface area contributed by atoms with Gasteiger partial charge in [-0.1, -0.05) is 11.8 Å². The second-order valence-electron chi connectivity index (χ2n) is 2.62. The largest absolute Gasteiger partial charge is 0.340 e. The van der Waals surface area contributed by atoms with Crippen LogP contribution in [0, 0.1) is 0 Å². The average molecular weight is 235 g/mol. The fourth-order valence-corrected chi connectivity index (χ4v) is 2.53. The molecule has 0 unspecified atom stereocenters.